The summed E-state index contributed by atoms with van der Waals surface area (Å²) in [5.41, 5.74) is -1.67. The summed E-state index contributed by atoms with van der Waals surface area (Å²) in [4.78, 5) is 0. The Hall–Kier alpha value is -0.630. The smallest absolute Gasteiger partial charge is 0.111 e. The van der Waals surface area contributed by atoms with E-state index in [1.807, 2.05) is 6.92 Å². The molecule has 0 aliphatic carbocycles. The summed E-state index contributed by atoms with van der Waals surface area (Å²) in [6.45, 7) is 3.51. The molecule has 2 aliphatic heterocycles. The van der Waals surface area contributed by atoms with Crippen LogP contribution in [0, 0.1) is 16.7 Å². The third kappa shape index (κ3) is 1.46. The van der Waals surface area contributed by atoms with E-state index in [2.05, 4.69) is 6.07 Å². The Morgan fingerprint density at radius 3 is 2.40 bits per heavy atom. The van der Waals surface area contributed by atoms with Crippen LogP contribution in [0.25, 0.3) is 0 Å². The molecule has 0 aromatic rings. The Balaban J connectivity index is 2.28. The van der Waals surface area contributed by atoms with Gasteiger partial charge in [-0.1, -0.05) is 0 Å². The van der Waals surface area contributed by atoms with Gasteiger partial charge in [-0.3, -0.25) is 0 Å². The normalized spacial score (nSPS) is 39.9. The van der Waals surface area contributed by atoms with E-state index in [1.54, 1.807) is 0 Å². The third-order valence-electron chi connectivity index (χ3n) is 3.91. The van der Waals surface area contributed by atoms with E-state index in [0.717, 1.165) is 0 Å². The topological polar surface area (TPSA) is 62.5 Å². The second-order valence-corrected chi connectivity index (χ2v) is 4.49. The van der Waals surface area contributed by atoms with Gasteiger partial charge in [-0.25, -0.2) is 0 Å². The van der Waals surface area contributed by atoms with E-state index in [1.165, 1.54) is 0 Å². The Morgan fingerprint density at radius 1 is 1.27 bits per heavy atom. The summed E-state index contributed by atoms with van der Waals surface area (Å²) in [7, 11) is 0. The van der Waals surface area contributed by atoms with Crippen LogP contribution in [0.1, 0.15) is 26.2 Å². The lowest BCUT2D eigenvalue weighted by molar-refractivity contribution is -0.131. The number of aliphatic hydroxyl groups is 1. The number of ether oxygens (including phenoxy) is 2. The molecule has 0 radical (unpaired) electrons. The van der Waals surface area contributed by atoms with Crippen molar-refractivity contribution in [3.05, 3.63) is 0 Å². The van der Waals surface area contributed by atoms with Crippen molar-refractivity contribution in [3.63, 3.8) is 0 Å². The minimum Gasteiger partial charge on any atom is -0.385 e. The van der Waals surface area contributed by atoms with E-state index in [-0.39, 0.29) is 6.10 Å². The maximum absolute atomic E-state index is 10.6. The van der Waals surface area contributed by atoms with Crippen LogP contribution in [-0.2, 0) is 9.47 Å². The van der Waals surface area contributed by atoms with E-state index in [9.17, 15) is 10.4 Å². The van der Waals surface area contributed by atoms with Crippen molar-refractivity contribution < 1.29 is 14.6 Å². The summed E-state index contributed by atoms with van der Waals surface area (Å²) in [5, 5.41) is 20.0. The molecule has 2 unspecified atom stereocenters. The van der Waals surface area contributed by atoms with Crippen LogP contribution < -0.4 is 0 Å². The fourth-order valence-electron chi connectivity index (χ4n) is 2.72. The standard InChI is InChI=1S/C11H17NO3/c1-9-11(13,4-7-15-9)10(8-12)2-5-14-6-3-10/h9,13H,2-7H2,1H3. The molecule has 0 amide bonds. The molecule has 0 aromatic heterocycles. The zero-order chi connectivity index (χ0) is 10.9. The molecule has 4 nitrogen and oxygen atoms in total. The average Bonchev–Trinajstić information content (AvgIpc) is 2.62. The second kappa shape index (κ2) is 3.75. The van der Waals surface area contributed by atoms with Gasteiger partial charge in [-0.15, -0.1) is 0 Å². The molecule has 1 N–H and O–H groups in total. The monoisotopic (exact) mass is 211 g/mol. The van der Waals surface area contributed by atoms with E-state index < -0.39 is 11.0 Å². The van der Waals surface area contributed by atoms with Crippen molar-refractivity contribution in [1.82, 2.24) is 0 Å². The predicted molar refractivity (Wildman–Crippen MR) is 53.1 cm³/mol. The van der Waals surface area contributed by atoms with Crippen LogP contribution in [0.15, 0.2) is 0 Å². The van der Waals surface area contributed by atoms with Crippen molar-refractivity contribution in [2.24, 2.45) is 5.41 Å². The fourth-order valence-corrected chi connectivity index (χ4v) is 2.72. The quantitative estimate of drug-likeness (QED) is 0.698. The largest absolute Gasteiger partial charge is 0.385 e. The molecule has 2 heterocycles. The Kier molecular flexibility index (Phi) is 2.72. The highest BCUT2D eigenvalue weighted by atomic mass is 16.5. The van der Waals surface area contributed by atoms with Gasteiger partial charge >= 0.3 is 0 Å². The highest BCUT2D eigenvalue weighted by Crippen LogP contribution is 2.47. The highest BCUT2D eigenvalue weighted by Gasteiger charge is 2.57. The number of nitrogens with zero attached hydrogens (tertiary/aromatic N) is 1. The number of rotatable bonds is 1. The Labute approximate surface area is 89.8 Å². The molecule has 15 heavy (non-hydrogen) atoms. The zero-order valence-electron chi connectivity index (χ0n) is 9.03. The molecular formula is C11H17NO3. The zero-order valence-corrected chi connectivity index (χ0v) is 9.03. The molecule has 0 saturated carbocycles. The first-order valence-corrected chi connectivity index (χ1v) is 5.48. The number of hydrogen-bond donors (Lipinski definition) is 1. The molecule has 2 fully saturated rings. The van der Waals surface area contributed by atoms with Gasteiger partial charge in [0.25, 0.3) is 0 Å². The van der Waals surface area contributed by atoms with Gasteiger partial charge in [-0.05, 0) is 19.8 Å². The molecule has 2 saturated heterocycles. The first-order chi connectivity index (χ1) is 7.15. The Morgan fingerprint density at radius 2 is 1.93 bits per heavy atom. The highest BCUT2D eigenvalue weighted by molar-refractivity contribution is 5.16. The van der Waals surface area contributed by atoms with Crippen molar-refractivity contribution in [3.8, 4) is 6.07 Å². The van der Waals surface area contributed by atoms with Crippen LogP contribution in [-0.4, -0.2) is 36.6 Å². The summed E-state index contributed by atoms with van der Waals surface area (Å²) >= 11 is 0. The van der Waals surface area contributed by atoms with Gasteiger partial charge in [0.1, 0.15) is 5.60 Å². The lowest BCUT2D eigenvalue weighted by atomic mass is 9.65. The van der Waals surface area contributed by atoms with Gasteiger partial charge in [0.15, 0.2) is 0 Å². The molecule has 2 aliphatic rings. The molecule has 2 rings (SSSR count). The molecular weight excluding hydrogens is 194 g/mol. The second-order valence-electron chi connectivity index (χ2n) is 4.49. The molecule has 4 heteroatoms. The summed E-state index contributed by atoms with van der Waals surface area (Å²) in [5.74, 6) is 0. The van der Waals surface area contributed by atoms with Crippen molar-refractivity contribution >= 4 is 0 Å². The average molecular weight is 211 g/mol. The molecule has 0 bridgehead atoms. The maximum Gasteiger partial charge on any atom is 0.111 e. The van der Waals surface area contributed by atoms with Gasteiger partial charge in [-0.2, -0.15) is 5.26 Å². The lowest BCUT2D eigenvalue weighted by Gasteiger charge is -2.44. The molecule has 0 spiro atoms. The Bertz CT molecular complexity index is 280. The van der Waals surface area contributed by atoms with Gasteiger partial charge in [0, 0.05) is 26.2 Å². The van der Waals surface area contributed by atoms with Crippen molar-refractivity contribution in [1.29, 1.82) is 5.26 Å². The molecule has 84 valence electrons. The van der Waals surface area contributed by atoms with Gasteiger partial charge in [0.05, 0.1) is 17.6 Å². The van der Waals surface area contributed by atoms with Crippen LogP contribution in [0.4, 0.5) is 0 Å². The van der Waals surface area contributed by atoms with E-state index >= 15 is 0 Å². The minimum absolute atomic E-state index is 0.254. The first-order valence-electron chi connectivity index (χ1n) is 5.48. The van der Waals surface area contributed by atoms with Crippen LogP contribution >= 0.6 is 0 Å². The van der Waals surface area contributed by atoms with Gasteiger partial charge < -0.3 is 14.6 Å². The summed E-state index contributed by atoms with van der Waals surface area (Å²) in [6, 6.07) is 2.32. The third-order valence-corrected chi connectivity index (χ3v) is 3.91. The minimum atomic E-state index is -0.995. The maximum atomic E-state index is 10.6. The van der Waals surface area contributed by atoms with Gasteiger partial charge in [0.2, 0.25) is 0 Å². The molecule has 2 atom stereocenters. The fraction of sp³-hybridized carbons (Fsp3) is 0.909. The summed E-state index contributed by atoms with van der Waals surface area (Å²) in [6.07, 6.45) is 1.51. The molecule has 0 aromatic carbocycles. The van der Waals surface area contributed by atoms with Crippen LogP contribution in [0.3, 0.4) is 0 Å². The van der Waals surface area contributed by atoms with Crippen molar-refractivity contribution in [2.75, 3.05) is 19.8 Å². The predicted octanol–water partition coefficient (Wildman–Crippen LogP) is 0.847. The van der Waals surface area contributed by atoms with E-state index in [4.69, 9.17) is 9.47 Å². The SMILES string of the molecule is CC1OCCC1(O)C1(C#N)CCOCC1. The lowest BCUT2D eigenvalue weighted by Crippen LogP contribution is -2.54. The van der Waals surface area contributed by atoms with Crippen LogP contribution in [0.2, 0.25) is 0 Å². The van der Waals surface area contributed by atoms with Crippen LogP contribution in [0.5, 0.6) is 0 Å². The summed E-state index contributed by atoms with van der Waals surface area (Å²) < 4.78 is 10.7. The number of nitriles is 1. The number of hydrogen-bond acceptors (Lipinski definition) is 4. The van der Waals surface area contributed by atoms with E-state index in [0.29, 0.717) is 39.1 Å². The van der Waals surface area contributed by atoms with Crippen molar-refractivity contribution in [2.45, 2.75) is 37.9 Å². The first kappa shape index (κ1) is 10.9.